The summed E-state index contributed by atoms with van der Waals surface area (Å²) < 4.78 is 29.6. The largest absolute Gasteiger partial charge is 0.382 e. The fraction of sp³-hybridized carbons (Fsp3) is 0.400. The fourth-order valence-electron chi connectivity index (χ4n) is 4.41. The normalized spacial score (nSPS) is 16.2. The predicted molar refractivity (Wildman–Crippen MR) is 129 cm³/mol. The molecule has 2 aromatic carbocycles. The van der Waals surface area contributed by atoms with Crippen molar-refractivity contribution < 1.29 is 18.7 Å². The molecule has 3 aromatic rings. The number of nitrogens with zero attached hydrogens (tertiary/aromatic N) is 5. The lowest BCUT2D eigenvalue weighted by atomic mass is 9.92. The summed E-state index contributed by atoms with van der Waals surface area (Å²) in [7, 11) is 0. The number of carbonyl (C=O) groups is 1. The van der Waals surface area contributed by atoms with Crippen LogP contribution in [-0.2, 0) is 16.9 Å². The van der Waals surface area contributed by atoms with Crippen LogP contribution in [0.1, 0.15) is 25.3 Å². The smallest absolute Gasteiger partial charge is 0.224 e. The molecular formula is C25H30F2N6O2. The summed E-state index contributed by atoms with van der Waals surface area (Å²) in [5.74, 6) is -1.49. The van der Waals surface area contributed by atoms with Crippen molar-refractivity contribution >= 4 is 17.3 Å². The topological polar surface area (TPSA) is 86.5 Å². The summed E-state index contributed by atoms with van der Waals surface area (Å²) in [6.07, 6.45) is 4.10. The van der Waals surface area contributed by atoms with Gasteiger partial charge in [0.05, 0.1) is 6.54 Å². The Hall–Kier alpha value is -3.37. The summed E-state index contributed by atoms with van der Waals surface area (Å²) >= 11 is 0. The third-order valence-electron chi connectivity index (χ3n) is 6.17. The molecule has 1 atom stereocenters. The highest BCUT2D eigenvalue weighted by Gasteiger charge is 2.36. The Balaban J connectivity index is 1.41. The maximum Gasteiger partial charge on any atom is 0.224 e. The number of halogens is 2. The maximum absolute atomic E-state index is 14.7. The van der Waals surface area contributed by atoms with Crippen molar-refractivity contribution in [3.63, 3.8) is 0 Å². The number of aliphatic hydroxyl groups is 1. The van der Waals surface area contributed by atoms with Gasteiger partial charge in [-0.3, -0.25) is 9.69 Å². The van der Waals surface area contributed by atoms with Gasteiger partial charge in [0.2, 0.25) is 5.91 Å². The van der Waals surface area contributed by atoms with E-state index in [0.717, 1.165) is 29.9 Å². The van der Waals surface area contributed by atoms with Gasteiger partial charge in [-0.25, -0.2) is 18.4 Å². The first-order valence-electron chi connectivity index (χ1n) is 11.7. The minimum atomic E-state index is -1.62. The van der Waals surface area contributed by atoms with Crippen LogP contribution in [0.15, 0.2) is 55.1 Å². The highest BCUT2D eigenvalue weighted by molar-refractivity contribution is 5.90. The number of hydrogen-bond acceptors (Lipinski definition) is 6. The molecule has 1 aliphatic rings. The molecule has 1 aliphatic heterocycles. The highest BCUT2D eigenvalue weighted by atomic mass is 19.1. The number of aromatic nitrogens is 3. The summed E-state index contributed by atoms with van der Waals surface area (Å²) in [6.45, 7) is 4.84. The number of rotatable bonds is 9. The van der Waals surface area contributed by atoms with Crippen molar-refractivity contribution in [1.82, 2.24) is 19.7 Å². The zero-order valence-corrected chi connectivity index (χ0v) is 19.7. The van der Waals surface area contributed by atoms with E-state index in [2.05, 4.69) is 25.2 Å². The van der Waals surface area contributed by atoms with Crippen LogP contribution < -0.4 is 10.2 Å². The molecule has 186 valence electrons. The van der Waals surface area contributed by atoms with E-state index in [-0.39, 0.29) is 24.6 Å². The molecule has 0 aliphatic carbocycles. The number of piperazine rings is 1. The molecule has 1 amide bonds. The summed E-state index contributed by atoms with van der Waals surface area (Å²) in [5, 5.41) is 18.5. The quantitative estimate of drug-likeness (QED) is 0.486. The second-order valence-corrected chi connectivity index (χ2v) is 8.86. The minimum Gasteiger partial charge on any atom is -0.382 e. The fourth-order valence-corrected chi connectivity index (χ4v) is 4.41. The standard InChI is InChI=1S/C25H30F2N6O2/c1-2-3-24(34)30-20-5-7-21(8-6-20)32-12-10-31(11-13-32)15-25(35,16-33-18-28-17-29-33)22-9-4-19(26)14-23(22)27/h4-9,14,17-18,35H,2-3,10-13,15-16H2,1H3,(H,30,34). The van der Waals surface area contributed by atoms with Crippen LogP contribution in [0.5, 0.6) is 0 Å². The number of β-amino-alcohol motifs (C(OH)–C–C–N with tert-alkyl or cyclic N) is 1. The molecule has 1 unspecified atom stereocenters. The van der Waals surface area contributed by atoms with Crippen molar-refractivity contribution in [1.29, 1.82) is 0 Å². The first-order valence-corrected chi connectivity index (χ1v) is 11.7. The number of nitrogens with one attached hydrogen (secondary N) is 1. The maximum atomic E-state index is 14.7. The van der Waals surface area contributed by atoms with E-state index in [1.807, 2.05) is 31.2 Å². The van der Waals surface area contributed by atoms with E-state index in [1.54, 1.807) is 0 Å². The minimum absolute atomic E-state index is 0.00448. The van der Waals surface area contributed by atoms with Crippen LogP contribution in [0, 0.1) is 11.6 Å². The van der Waals surface area contributed by atoms with Gasteiger partial charge in [0.25, 0.3) is 0 Å². The van der Waals surface area contributed by atoms with Crippen molar-refractivity contribution in [2.75, 3.05) is 42.9 Å². The van der Waals surface area contributed by atoms with Crippen LogP contribution in [0.3, 0.4) is 0 Å². The van der Waals surface area contributed by atoms with Gasteiger partial charge in [-0.05, 0) is 36.8 Å². The predicted octanol–water partition coefficient (Wildman–Crippen LogP) is 3.00. The lowest BCUT2D eigenvalue weighted by molar-refractivity contribution is -0.116. The summed E-state index contributed by atoms with van der Waals surface area (Å²) in [4.78, 5) is 20.0. The SMILES string of the molecule is CCCC(=O)Nc1ccc(N2CCN(CC(O)(Cn3cncn3)c3ccc(F)cc3F)CC2)cc1. The van der Waals surface area contributed by atoms with Gasteiger partial charge in [0.1, 0.15) is 29.9 Å². The average molecular weight is 485 g/mol. The monoisotopic (exact) mass is 484 g/mol. The zero-order chi connectivity index (χ0) is 24.8. The van der Waals surface area contributed by atoms with Gasteiger partial charge in [-0.1, -0.05) is 13.0 Å². The summed E-state index contributed by atoms with van der Waals surface area (Å²) in [5.41, 5.74) is 0.217. The van der Waals surface area contributed by atoms with E-state index < -0.39 is 17.2 Å². The van der Waals surface area contributed by atoms with Crippen molar-refractivity contribution in [2.45, 2.75) is 31.9 Å². The lowest BCUT2D eigenvalue weighted by Gasteiger charge is -2.40. The molecule has 10 heteroatoms. The molecule has 35 heavy (non-hydrogen) atoms. The molecule has 0 saturated carbocycles. The molecule has 1 saturated heterocycles. The Morgan fingerprint density at radius 3 is 2.46 bits per heavy atom. The van der Waals surface area contributed by atoms with Gasteiger partial charge in [-0.15, -0.1) is 0 Å². The molecule has 0 radical (unpaired) electrons. The van der Waals surface area contributed by atoms with Gasteiger partial charge in [0, 0.05) is 62.1 Å². The first-order chi connectivity index (χ1) is 16.9. The lowest BCUT2D eigenvalue weighted by Crippen LogP contribution is -2.52. The Morgan fingerprint density at radius 2 is 1.83 bits per heavy atom. The van der Waals surface area contributed by atoms with Crippen LogP contribution >= 0.6 is 0 Å². The van der Waals surface area contributed by atoms with Crippen molar-refractivity contribution in [3.05, 3.63) is 72.3 Å². The third kappa shape index (κ3) is 6.20. The molecule has 8 nitrogen and oxygen atoms in total. The van der Waals surface area contributed by atoms with Gasteiger partial charge >= 0.3 is 0 Å². The van der Waals surface area contributed by atoms with E-state index in [9.17, 15) is 18.7 Å². The molecule has 1 fully saturated rings. The number of amides is 1. The van der Waals surface area contributed by atoms with Gasteiger partial charge in [-0.2, -0.15) is 5.10 Å². The Bertz CT molecular complexity index is 1120. The molecule has 0 spiro atoms. The third-order valence-corrected chi connectivity index (χ3v) is 6.17. The van der Waals surface area contributed by atoms with Crippen LogP contribution in [-0.4, -0.2) is 63.4 Å². The van der Waals surface area contributed by atoms with E-state index in [4.69, 9.17) is 0 Å². The van der Waals surface area contributed by atoms with Crippen molar-refractivity contribution in [2.24, 2.45) is 0 Å². The number of hydrogen-bond donors (Lipinski definition) is 2. The van der Waals surface area contributed by atoms with E-state index in [1.165, 1.54) is 23.4 Å². The molecule has 4 rings (SSSR count). The van der Waals surface area contributed by atoms with Gasteiger partial charge < -0.3 is 15.3 Å². The van der Waals surface area contributed by atoms with Crippen LogP contribution in [0.25, 0.3) is 0 Å². The van der Waals surface area contributed by atoms with Crippen LogP contribution in [0.4, 0.5) is 20.2 Å². The van der Waals surface area contributed by atoms with Crippen LogP contribution in [0.2, 0.25) is 0 Å². The highest BCUT2D eigenvalue weighted by Crippen LogP contribution is 2.29. The van der Waals surface area contributed by atoms with Gasteiger partial charge in [0.15, 0.2) is 0 Å². The first kappa shape index (κ1) is 24.7. The number of anilines is 2. The average Bonchev–Trinajstić information content (AvgIpc) is 3.33. The zero-order valence-electron chi connectivity index (χ0n) is 19.7. The second kappa shape index (κ2) is 10.9. The second-order valence-electron chi connectivity index (χ2n) is 8.86. The van der Waals surface area contributed by atoms with E-state index >= 15 is 0 Å². The molecular weight excluding hydrogens is 454 g/mol. The Kier molecular flexibility index (Phi) is 7.72. The van der Waals surface area contributed by atoms with E-state index in [0.29, 0.717) is 32.6 Å². The molecule has 1 aromatic heterocycles. The molecule has 0 bridgehead atoms. The Labute approximate surface area is 203 Å². The molecule has 2 heterocycles. The van der Waals surface area contributed by atoms with Crippen molar-refractivity contribution in [3.8, 4) is 0 Å². The molecule has 2 N–H and O–H groups in total. The number of benzene rings is 2. The number of carbonyl (C=O) groups excluding carboxylic acids is 1. The summed E-state index contributed by atoms with van der Waals surface area (Å²) in [6, 6.07) is 11.0. The Morgan fingerprint density at radius 1 is 1.09 bits per heavy atom.